The second-order valence-corrected chi connectivity index (χ2v) is 4.01. The molecule has 0 fully saturated rings. The zero-order valence-corrected chi connectivity index (χ0v) is 10.00. The molecule has 19 heavy (non-hydrogen) atoms. The summed E-state index contributed by atoms with van der Waals surface area (Å²) in [6.45, 7) is 0.397. The zero-order chi connectivity index (χ0) is 13.1. The summed E-state index contributed by atoms with van der Waals surface area (Å²) in [5.41, 5.74) is 1.86. The fraction of sp³-hybridized carbons (Fsp3) is 0.0769. The Bertz CT molecular complexity index is 703. The Morgan fingerprint density at radius 2 is 2.11 bits per heavy atom. The van der Waals surface area contributed by atoms with Crippen LogP contribution in [0.3, 0.4) is 0 Å². The van der Waals surface area contributed by atoms with Crippen LogP contribution in [0.4, 0.5) is 0 Å². The SMILES string of the molecule is O=C(NCc1cccc2cccnc12)c1ncn[nH]1. The Kier molecular flexibility index (Phi) is 2.89. The molecule has 1 aromatic carbocycles. The first-order chi connectivity index (χ1) is 9.34. The highest BCUT2D eigenvalue weighted by Gasteiger charge is 2.09. The van der Waals surface area contributed by atoms with Crippen molar-refractivity contribution in [2.24, 2.45) is 0 Å². The summed E-state index contributed by atoms with van der Waals surface area (Å²) in [6, 6.07) is 9.75. The summed E-state index contributed by atoms with van der Waals surface area (Å²) in [7, 11) is 0. The van der Waals surface area contributed by atoms with Crippen molar-refractivity contribution in [3.05, 3.63) is 54.2 Å². The topological polar surface area (TPSA) is 83.6 Å². The van der Waals surface area contributed by atoms with Gasteiger partial charge in [-0.05, 0) is 11.6 Å². The van der Waals surface area contributed by atoms with Gasteiger partial charge in [-0.1, -0.05) is 24.3 Å². The number of carbonyl (C=O) groups excluding carboxylic acids is 1. The summed E-state index contributed by atoms with van der Waals surface area (Å²) in [4.78, 5) is 19.9. The number of amides is 1. The molecule has 0 spiro atoms. The summed E-state index contributed by atoms with van der Waals surface area (Å²) in [5, 5.41) is 9.99. The molecular formula is C13H11N5O. The first kappa shape index (κ1) is 11.3. The Morgan fingerprint density at radius 1 is 1.21 bits per heavy atom. The van der Waals surface area contributed by atoms with Crippen LogP contribution >= 0.6 is 0 Å². The fourth-order valence-electron chi connectivity index (χ4n) is 1.88. The third-order valence-corrected chi connectivity index (χ3v) is 2.79. The van der Waals surface area contributed by atoms with Crippen LogP contribution in [0.15, 0.2) is 42.9 Å². The standard InChI is InChI=1S/C13H11N5O/c19-13(12-16-8-17-18-12)15-7-10-4-1-3-9-5-2-6-14-11(9)10/h1-6,8H,7H2,(H,15,19)(H,16,17,18). The number of aromatic amines is 1. The van der Waals surface area contributed by atoms with Gasteiger partial charge in [-0.15, -0.1) is 0 Å². The van der Waals surface area contributed by atoms with Gasteiger partial charge in [0, 0.05) is 18.1 Å². The Labute approximate surface area is 108 Å². The molecular weight excluding hydrogens is 242 g/mol. The number of carbonyl (C=O) groups is 1. The monoisotopic (exact) mass is 253 g/mol. The number of fused-ring (bicyclic) bond motifs is 1. The second kappa shape index (κ2) is 4.85. The van der Waals surface area contributed by atoms with E-state index in [1.54, 1.807) is 6.20 Å². The number of rotatable bonds is 3. The van der Waals surface area contributed by atoms with Gasteiger partial charge in [0.05, 0.1) is 5.52 Å². The molecule has 6 nitrogen and oxygen atoms in total. The molecule has 0 aliphatic rings. The number of nitrogens with one attached hydrogen (secondary N) is 2. The normalized spacial score (nSPS) is 10.5. The lowest BCUT2D eigenvalue weighted by Crippen LogP contribution is -2.24. The minimum Gasteiger partial charge on any atom is -0.345 e. The van der Waals surface area contributed by atoms with Crippen molar-refractivity contribution < 1.29 is 4.79 Å². The average Bonchev–Trinajstić information content (AvgIpc) is 2.99. The summed E-state index contributed by atoms with van der Waals surface area (Å²) < 4.78 is 0. The van der Waals surface area contributed by atoms with Gasteiger partial charge in [-0.2, -0.15) is 5.10 Å². The molecule has 3 rings (SSSR count). The molecule has 0 radical (unpaired) electrons. The van der Waals surface area contributed by atoms with Crippen LogP contribution in [0.5, 0.6) is 0 Å². The number of aromatic nitrogens is 4. The van der Waals surface area contributed by atoms with Crippen LogP contribution in [-0.2, 0) is 6.54 Å². The third-order valence-electron chi connectivity index (χ3n) is 2.79. The summed E-state index contributed by atoms with van der Waals surface area (Å²) in [5.74, 6) is -0.0846. The van der Waals surface area contributed by atoms with Crippen LogP contribution < -0.4 is 5.32 Å². The van der Waals surface area contributed by atoms with Crippen molar-refractivity contribution >= 4 is 16.8 Å². The summed E-state index contributed by atoms with van der Waals surface area (Å²) >= 11 is 0. The van der Waals surface area contributed by atoms with E-state index in [9.17, 15) is 4.79 Å². The molecule has 94 valence electrons. The van der Waals surface area contributed by atoms with E-state index in [2.05, 4.69) is 25.5 Å². The highest BCUT2D eigenvalue weighted by Crippen LogP contribution is 2.15. The molecule has 1 amide bonds. The molecule has 2 N–H and O–H groups in total. The van der Waals surface area contributed by atoms with Crippen LogP contribution in [0, 0.1) is 0 Å². The van der Waals surface area contributed by atoms with Crippen LogP contribution in [0.25, 0.3) is 10.9 Å². The first-order valence-electron chi connectivity index (χ1n) is 5.81. The van der Waals surface area contributed by atoms with Gasteiger partial charge in [-0.25, -0.2) is 4.98 Å². The van der Waals surface area contributed by atoms with E-state index in [0.717, 1.165) is 16.5 Å². The van der Waals surface area contributed by atoms with Crippen LogP contribution in [0.2, 0.25) is 0 Å². The van der Waals surface area contributed by atoms with Gasteiger partial charge in [0.2, 0.25) is 5.82 Å². The van der Waals surface area contributed by atoms with Gasteiger partial charge in [0.25, 0.3) is 5.91 Å². The number of benzene rings is 1. The molecule has 0 saturated heterocycles. The number of hydrogen-bond donors (Lipinski definition) is 2. The lowest BCUT2D eigenvalue weighted by atomic mass is 10.1. The fourth-order valence-corrected chi connectivity index (χ4v) is 1.88. The maximum absolute atomic E-state index is 11.7. The predicted molar refractivity (Wildman–Crippen MR) is 69.3 cm³/mol. The van der Waals surface area contributed by atoms with Crippen LogP contribution in [-0.4, -0.2) is 26.1 Å². The van der Waals surface area contributed by atoms with E-state index >= 15 is 0 Å². The van der Waals surface area contributed by atoms with Gasteiger partial charge in [-0.3, -0.25) is 14.9 Å². The van der Waals surface area contributed by atoms with Crippen molar-refractivity contribution in [3.63, 3.8) is 0 Å². The van der Waals surface area contributed by atoms with Crippen molar-refractivity contribution in [3.8, 4) is 0 Å². The smallest absolute Gasteiger partial charge is 0.288 e. The number of nitrogens with zero attached hydrogens (tertiary/aromatic N) is 3. The van der Waals surface area contributed by atoms with Crippen molar-refractivity contribution in [1.82, 2.24) is 25.5 Å². The minimum atomic E-state index is -0.287. The zero-order valence-electron chi connectivity index (χ0n) is 10.00. The number of para-hydroxylation sites is 1. The molecule has 0 atom stereocenters. The number of H-pyrrole nitrogens is 1. The van der Waals surface area contributed by atoms with E-state index < -0.39 is 0 Å². The van der Waals surface area contributed by atoms with Gasteiger partial charge < -0.3 is 5.32 Å². The molecule has 2 heterocycles. The van der Waals surface area contributed by atoms with E-state index in [4.69, 9.17) is 0 Å². The van der Waals surface area contributed by atoms with Gasteiger partial charge in [0.1, 0.15) is 6.33 Å². The van der Waals surface area contributed by atoms with E-state index in [1.807, 2.05) is 30.3 Å². The molecule has 0 saturated carbocycles. The predicted octanol–water partition coefficient (Wildman–Crippen LogP) is 1.28. The maximum Gasteiger partial charge on any atom is 0.288 e. The third kappa shape index (κ3) is 2.28. The van der Waals surface area contributed by atoms with E-state index in [1.165, 1.54) is 6.33 Å². The minimum absolute atomic E-state index is 0.202. The lowest BCUT2D eigenvalue weighted by Gasteiger charge is -2.06. The molecule has 6 heteroatoms. The molecule has 0 bridgehead atoms. The Hall–Kier alpha value is -2.76. The summed E-state index contributed by atoms with van der Waals surface area (Å²) in [6.07, 6.45) is 3.04. The van der Waals surface area contributed by atoms with Crippen molar-refractivity contribution in [2.75, 3.05) is 0 Å². The lowest BCUT2D eigenvalue weighted by molar-refractivity contribution is 0.0941. The van der Waals surface area contributed by atoms with Crippen molar-refractivity contribution in [2.45, 2.75) is 6.54 Å². The molecule has 2 aromatic heterocycles. The maximum atomic E-state index is 11.7. The van der Waals surface area contributed by atoms with E-state index in [0.29, 0.717) is 6.54 Å². The van der Waals surface area contributed by atoms with Gasteiger partial charge in [0.15, 0.2) is 0 Å². The molecule has 0 unspecified atom stereocenters. The highest BCUT2D eigenvalue weighted by atomic mass is 16.2. The quantitative estimate of drug-likeness (QED) is 0.736. The number of pyridine rings is 1. The second-order valence-electron chi connectivity index (χ2n) is 4.01. The highest BCUT2D eigenvalue weighted by molar-refractivity contribution is 5.90. The van der Waals surface area contributed by atoms with Crippen LogP contribution in [0.1, 0.15) is 16.2 Å². The Balaban J connectivity index is 1.81. The molecule has 3 aromatic rings. The molecule has 0 aliphatic heterocycles. The van der Waals surface area contributed by atoms with Gasteiger partial charge >= 0.3 is 0 Å². The number of hydrogen-bond acceptors (Lipinski definition) is 4. The van der Waals surface area contributed by atoms with Crippen molar-refractivity contribution in [1.29, 1.82) is 0 Å². The first-order valence-corrected chi connectivity index (χ1v) is 5.81. The molecule has 0 aliphatic carbocycles. The Morgan fingerprint density at radius 3 is 2.95 bits per heavy atom. The van der Waals surface area contributed by atoms with E-state index in [-0.39, 0.29) is 11.7 Å². The largest absolute Gasteiger partial charge is 0.345 e. The average molecular weight is 253 g/mol.